The first-order valence-electron chi connectivity index (χ1n) is 5.76. The lowest BCUT2D eigenvalue weighted by molar-refractivity contribution is -0.384. The highest BCUT2D eigenvalue weighted by molar-refractivity contribution is 7.89. The number of sulfonamides is 1. The van der Waals surface area contributed by atoms with Gasteiger partial charge in [0, 0.05) is 12.6 Å². The van der Waals surface area contributed by atoms with Crippen molar-refractivity contribution < 1.29 is 13.3 Å². The standard InChI is InChI=1S/C12H11ClN2O4S2/c1-8-6-20-7-9(8)5-14-21(18,19)10-2-3-11(13)12(4-10)15(16)17/h2-4,6-7,14H,5H2,1H3. The molecule has 2 aromatic rings. The summed E-state index contributed by atoms with van der Waals surface area (Å²) in [6.07, 6.45) is 0. The van der Waals surface area contributed by atoms with Gasteiger partial charge >= 0.3 is 0 Å². The van der Waals surface area contributed by atoms with Gasteiger partial charge in [-0.15, -0.1) is 0 Å². The van der Waals surface area contributed by atoms with Gasteiger partial charge in [0.15, 0.2) is 0 Å². The predicted molar refractivity (Wildman–Crippen MR) is 81.2 cm³/mol. The SMILES string of the molecule is Cc1cscc1CNS(=O)(=O)c1ccc(Cl)c([N+](=O)[O-])c1. The van der Waals surface area contributed by atoms with Crippen LogP contribution in [0.2, 0.25) is 5.02 Å². The third kappa shape index (κ3) is 3.59. The summed E-state index contributed by atoms with van der Waals surface area (Å²) in [5, 5.41) is 14.5. The van der Waals surface area contributed by atoms with Gasteiger partial charge in [0.1, 0.15) is 5.02 Å². The molecule has 0 radical (unpaired) electrons. The molecular formula is C12H11ClN2O4S2. The molecule has 1 N–H and O–H groups in total. The van der Waals surface area contributed by atoms with Crippen molar-refractivity contribution in [1.82, 2.24) is 4.72 Å². The number of hydrogen-bond acceptors (Lipinski definition) is 5. The fourth-order valence-electron chi connectivity index (χ4n) is 1.62. The number of rotatable bonds is 5. The average molecular weight is 347 g/mol. The van der Waals surface area contributed by atoms with Crippen molar-refractivity contribution in [3.63, 3.8) is 0 Å². The lowest BCUT2D eigenvalue weighted by Gasteiger charge is -2.07. The molecule has 1 aromatic carbocycles. The molecule has 0 aliphatic carbocycles. The number of nitro benzene ring substituents is 1. The third-order valence-electron chi connectivity index (χ3n) is 2.84. The zero-order chi connectivity index (χ0) is 15.6. The summed E-state index contributed by atoms with van der Waals surface area (Å²) in [5.74, 6) is 0. The Morgan fingerprint density at radius 1 is 1.38 bits per heavy atom. The van der Waals surface area contributed by atoms with Gasteiger partial charge in [-0.2, -0.15) is 11.3 Å². The van der Waals surface area contributed by atoms with E-state index in [1.807, 2.05) is 17.7 Å². The summed E-state index contributed by atoms with van der Waals surface area (Å²) in [5.41, 5.74) is 1.42. The lowest BCUT2D eigenvalue weighted by Crippen LogP contribution is -2.23. The first-order chi connectivity index (χ1) is 9.81. The van der Waals surface area contributed by atoms with Crippen LogP contribution in [-0.4, -0.2) is 13.3 Å². The maximum atomic E-state index is 12.2. The molecule has 0 fully saturated rings. The Morgan fingerprint density at radius 2 is 2.10 bits per heavy atom. The summed E-state index contributed by atoms with van der Waals surface area (Å²) in [6.45, 7) is 2.02. The number of thiophene rings is 1. The Morgan fingerprint density at radius 3 is 2.67 bits per heavy atom. The Balaban J connectivity index is 2.26. The van der Waals surface area contributed by atoms with Crippen LogP contribution in [0.5, 0.6) is 0 Å². The Labute approximate surface area is 130 Å². The molecule has 0 saturated carbocycles. The van der Waals surface area contributed by atoms with Crippen LogP contribution in [-0.2, 0) is 16.6 Å². The molecular weight excluding hydrogens is 336 g/mol. The molecule has 2 rings (SSSR count). The number of halogens is 1. The molecule has 1 aromatic heterocycles. The molecule has 0 unspecified atom stereocenters. The van der Waals surface area contributed by atoms with Gasteiger partial charge in [0.2, 0.25) is 10.0 Å². The van der Waals surface area contributed by atoms with Crippen molar-refractivity contribution in [2.24, 2.45) is 0 Å². The second kappa shape index (κ2) is 6.10. The number of benzene rings is 1. The van der Waals surface area contributed by atoms with Gasteiger partial charge in [-0.1, -0.05) is 11.6 Å². The van der Waals surface area contributed by atoms with E-state index in [2.05, 4.69) is 4.72 Å². The topological polar surface area (TPSA) is 89.3 Å². The molecule has 0 aliphatic heterocycles. The molecule has 0 saturated heterocycles. The summed E-state index contributed by atoms with van der Waals surface area (Å²) in [7, 11) is -3.83. The van der Waals surface area contributed by atoms with E-state index >= 15 is 0 Å². The first kappa shape index (κ1) is 15.9. The van der Waals surface area contributed by atoms with Crippen molar-refractivity contribution in [3.8, 4) is 0 Å². The molecule has 1 heterocycles. The molecule has 21 heavy (non-hydrogen) atoms. The number of nitrogens with zero attached hydrogens (tertiary/aromatic N) is 1. The fourth-order valence-corrected chi connectivity index (χ4v) is 3.69. The highest BCUT2D eigenvalue weighted by atomic mass is 35.5. The normalized spacial score (nSPS) is 11.5. The van der Waals surface area contributed by atoms with Crippen LogP contribution in [0.1, 0.15) is 11.1 Å². The van der Waals surface area contributed by atoms with Crippen molar-refractivity contribution >= 4 is 38.6 Å². The minimum absolute atomic E-state index is 0.104. The molecule has 0 aliphatic rings. The van der Waals surface area contributed by atoms with E-state index in [0.29, 0.717) is 0 Å². The average Bonchev–Trinajstić information content (AvgIpc) is 2.82. The van der Waals surface area contributed by atoms with Crippen LogP contribution in [0.15, 0.2) is 33.9 Å². The molecule has 0 amide bonds. The van der Waals surface area contributed by atoms with Crippen LogP contribution in [0, 0.1) is 17.0 Å². The van der Waals surface area contributed by atoms with Crippen molar-refractivity contribution in [2.45, 2.75) is 18.4 Å². The lowest BCUT2D eigenvalue weighted by atomic mass is 10.2. The van der Waals surface area contributed by atoms with Gasteiger partial charge in [0.05, 0.1) is 9.82 Å². The smallest absolute Gasteiger partial charge is 0.258 e. The number of hydrogen-bond donors (Lipinski definition) is 1. The van der Waals surface area contributed by atoms with Gasteiger partial charge < -0.3 is 0 Å². The zero-order valence-corrected chi connectivity index (χ0v) is 13.3. The third-order valence-corrected chi connectivity index (χ3v) is 5.47. The fraction of sp³-hybridized carbons (Fsp3) is 0.167. The number of nitro groups is 1. The van der Waals surface area contributed by atoms with Crippen LogP contribution in [0.25, 0.3) is 0 Å². The number of aryl methyl sites for hydroxylation is 1. The first-order valence-corrected chi connectivity index (χ1v) is 8.57. The highest BCUT2D eigenvalue weighted by Gasteiger charge is 2.20. The summed E-state index contributed by atoms with van der Waals surface area (Å²) in [4.78, 5) is 9.89. The van der Waals surface area contributed by atoms with E-state index in [-0.39, 0.29) is 16.5 Å². The minimum atomic E-state index is -3.83. The van der Waals surface area contributed by atoms with Crippen LogP contribution in [0.3, 0.4) is 0 Å². The monoisotopic (exact) mass is 346 g/mol. The Kier molecular flexibility index (Phi) is 4.62. The van der Waals surface area contributed by atoms with Crippen molar-refractivity contribution in [2.75, 3.05) is 0 Å². The molecule has 0 spiro atoms. The molecule has 0 bridgehead atoms. The van der Waals surface area contributed by atoms with Crippen molar-refractivity contribution in [1.29, 1.82) is 0 Å². The maximum absolute atomic E-state index is 12.2. The quantitative estimate of drug-likeness (QED) is 0.665. The van der Waals surface area contributed by atoms with Gasteiger partial charge in [-0.05, 0) is 40.9 Å². The summed E-state index contributed by atoms with van der Waals surface area (Å²) in [6, 6.07) is 3.38. The van der Waals surface area contributed by atoms with Gasteiger partial charge in [-0.25, -0.2) is 13.1 Å². The van der Waals surface area contributed by atoms with E-state index in [1.54, 1.807) is 0 Å². The second-order valence-electron chi connectivity index (χ2n) is 4.27. The maximum Gasteiger partial charge on any atom is 0.289 e. The van der Waals surface area contributed by atoms with E-state index in [4.69, 9.17) is 11.6 Å². The van der Waals surface area contributed by atoms with Gasteiger partial charge in [0.25, 0.3) is 5.69 Å². The van der Waals surface area contributed by atoms with Crippen LogP contribution < -0.4 is 4.72 Å². The predicted octanol–water partition coefficient (Wildman–Crippen LogP) is 3.10. The molecule has 9 heteroatoms. The Hall–Kier alpha value is -1.48. The van der Waals surface area contributed by atoms with Crippen molar-refractivity contribution in [3.05, 3.63) is 55.2 Å². The highest BCUT2D eigenvalue weighted by Crippen LogP contribution is 2.27. The Bertz CT molecular complexity index is 786. The largest absolute Gasteiger partial charge is 0.289 e. The number of nitrogens with one attached hydrogen (secondary N) is 1. The second-order valence-corrected chi connectivity index (χ2v) is 7.19. The van der Waals surface area contributed by atoms with Gasteiger partial charge in [-0.3, -0.25) is 10.1 Å². The summed E-state index contributed by atoms with van der Waals surface area (Å²) >= 11 is 7.14. The van der Waals surface area contributed by atoms with Crippen LogP contribution >= 0.6 is 22.9 Å². The minimum Gasteiger partial charge on any atom is -0.258 e. The van der Waals surface area contributed by atoms with E-state index in [0.717, 1.165) is 17.2 Å². The molecule has 112 valence electrons. The summed E-state index contributed by atoms with van der Waals surface area (Å²) < 4.78 is 26.7. The molecule has 6 nitrogen and oxygen atoms in total. The van der Waals surface area contributed by atoms with E-state index in [9.17, 15) is 18.5 Å². The molecule has 0 atom stereocenters. The van der Waals surface area contributed by atoms with E-state index in [1.165, 1.54) is 23.5 Å². The van der Waals surface area contributed by atoms with E-state index < -0.39 is 20.6 Å². The zero-order valence-electron chi connectivity index (χ0n) is 10.9. The van der Waals surface area contributed by atoms with Crippen LogP contribution in [0.4, 0.5) is 5.69 Å².